The minimum Gasteiger partial charge on any atom is -0.381 e. The van der Waals surface area contributed by atoms with Crippen molar-refractivity contribution < 1.29 is 9.47 Å². The van der Waals surface area contributed by atoms with Gasteiger partial charge in [-0.2, -0.15) is 0 Å². The van der Waals surface area contributed by atoms with Gasteiger partial charge in [0.2, 0.25) is 0 Å². The molecule has 4 nitrogen and oxygen atoms in total. The van der Waals surface area contributed by atoms with Crippen LogP contribution in [0.25, 0.3) is 0 Å². The molecule has 0 aromatic carbocycles. The average molecular weight is 228 g/mol. The van der Waals surface area contributed by atoms with Crippen LogP contribution in [0.2, 0.25) is 0 Å². The molecule has 2 aliphatic heterocycles. The first-order valence-electron chi connectivity index (χ1n) is 6.47. The highest BCUT2D eigenvalue weighted by Gasteiger charge is 2.27. The molecule has 2 rings (SSSR count). The lowest BCUT2D eigenvalue weighted by Crippen LogP contribution is -2.52. The van der Waals surface area contributed by atoms with Crippen molar-refractivity contribution in [1.82, 2.24) is 5.32 Å². The van der Waals surface area contributed by atoms with Crippen LogP contribution >= 0.6 is 0 Å². The maximum absolute atomic E-state index is 6.28. The Morgan fingerprint density at radius 3 is 2.75 bits per heavy atom. The van der Waals surface area contributed by atoms with Crippen molar-refractivity contribution in [3.8, 4) is 0 Å². The number of hydrogen-bond donors (Lipinski definition) is 2. The Kier molecular flexibility index (Phi) is 4.58. The minimum atomic E-state index is -0.0468. The fourth-order valence-electron chi connectivity index (χ4n) is 2.43. The highest BCUT2D eigenvalue weighted by atomic mass is 16.5. The zero-order valence-corrected chi connectivity index (χ0v) is 10.0. The van der Waals surface area contributed by atoms with E-state index in [1.54, 1.807) is 0 Å². The van der Waals surface area contributed by atoms with Gasteiger partial charge in [-0.3, -0.25) is 0 Å². The van der Waals surface area contributed by atoms with E-state index in [1.165, 1.54) is 12.8 Å². The molecule has 0 aromatic heterocycles. The fraction of sp³-hybridized carbons (Fsp3) is 1.00. The number of ether oxygens (including phenoxy) is 2. The largest absolute Gasteiger partial charge is 0.381 e. The van der Waals surface area contributed by atoms with Gasteiger partial charge in [-0.25, -0.2) is 0 Å². The van der Waals surface area contributed by atoms with Crippen molar-refractivity contribution in [1.29, 1.82) is 0 Å². The number of nitrogens with one attached hydrogen (secondary N) is 1. The molecule has 3 N–H and O–H groups in total. The first kappa shape index (κ1) is 12.3. The molecule has 0 amide bonds. The summed E-state index contributed by atoms with van der Waals surface area (Å²) in [5, 5.41) is 3.46. The van der Waals surface area contributed by atoms with Crippen LogP contribution in [0.1, 0.15) is 32.1 Å². The molecular weight excluding hydrogens is 204 g/mol. The Hall–Kier alpha value is -0.160. The van der Waals surface area contributed by atoms with Crippen LogP contribution in [0, 0.1) is 0 Å². The molecule has 16 heavy (non-hydrogen) atoms. The predicted octanol–water partition coefficient (Wildman–Crippen LogP) is 0.653. The molecule has 2 aliphatic rings. The molecule has 0 spiro atoms. The summed E-state index contributed by atoms with van der Waals surface area (Å²) >= 11 is 0. The molecule has 2 heterocycles. The fourth-order valence-corrected chi connectivity index (χ4v) is 2.43. The van der Waals surface area contributed by atoms with Crippen molar-refractivity contribution in [3.05, 3.63) is 0 Å². The number of rotatable bonds is 5. The molecule has 0 aliphatic carbocycles. The summed E-state index contributed by atoms with van der Waals surface area (Å²) in [5.41, 5.74) is 6.23. The van der Waals surface area contributed by atoms with Gasteiger partial charge in [0.1, 0.15) is 0 Å². The molecule has 94 valence electrons. The number of hydrogen-bond acceptors (Lipinski definition) is 4. The second-order valence-corrected chi connectivity index (χ2v) is 5.08. The van der Waals surface area contributed by atoms with E-state index in [0.717, 1.165) is 52.2 Å². The molecule has 1 unspecified atom stereocenters. The molecule has 0 aromatic rings. The Morgan fingerprint density at radius 1 is 1.25 bits per heavy atom. The van der Waals surface area contributed by atoms with Gasteiger partial charge in [-0.05, 0) is 38.6 Å². The van der Waals surface area contributed by atoms with E-state index in [9.17, 15) is 0 Å². The standard InChI is InChI=1S/C12H24N2O2/c13-12(4-8-15-9-5-12)10-14-6-3-11-2-1-7-16-11/h11,14H,1-10,13H2. The van der Waals surface area contributed by atoms with Crippen molar-refractivity contribution in [2.45, 2.75) is 43.7 Å². The summed E-state index contributed by atoms with van der Waals surface area (Å²) in [6.45, 7) is 4.49. The third-order valence-corrected chi connectivity index (χ3v) is 3.63. The Morgan fingerprint density at radius 2 is 2.06 bits per heavy atom. The summed E-state index contributed by atoms with van der Waals surface area (Å²) in [7, 11) is 0. The van der Waals surface area contributed by atoms with E-state index in [2.05, 4.69) is 5.32 Å². The van der Waals surface area contributed by atoms with Gasteiger partial charge in [0.15, 0.2) is 0 Å². The van der Waals surface area contributed by atoms with Gasteiger partial charge in [0.05, 0.1) is 6.10 Å². The maximum Gasteiger partial charge on any atom is 0.0588 e. The lowest BCUT2D eigenvalue weighted by Gasteiger charge is -2.33. The molecule has 0 radical (unpaired) electrons. The smallest absolute Gasteiger partial charge is 0.0588 e. The summed E-state index contributed by atoms with van der Waals surface area (Å²) in [6.07, 6.45) is 5.99. The Bertz CT molecular complexity index is 199. The molecule has 2 fully saturated rings. The van der Waals surface area contributed by atoms with Gasteiger partial charge in [-0.15, -0.1) is 0 Å². The maximum atomic E-state index is 6.28. The number of nitrogens with two attached hydrogens (primary N) is 1. The summed E-state index contributed by atoms with van der Waals surface area (Å²) in [4.78, 5) is 0. The summed E-state index contributed by atoms with van der Waals surface area (Å²) < 4.78 is 10.9. The third kappa shape index (κ3) is 3.70. The first-order chi connectivity index (χ1) is 7.79. The predicted molar refractivity (Wildman–Crippen MR) is 63.4 cm³/mol. The van der Waals surface area contributed by atoms with E-state index in [-0.39, 0.29) is 5.54 Å². The van der Waals surface area contributed by atoms with Gasteiger partial charge in [0.25, 0.3) is 0 Å². The van der Waals surface area contributed by atoms with Gasteiger partial charge in [0, 0.05) is 31.9 Å². The highest BCUT2D eigenvalue weighted by molar-refractivity contribution is 4.88. The van der Waals surface area contributed by atoms with E-state index < -0.39 is 0 Å². The molecule has 1 atom stereocenters. The normalized spacial score (nSPS) is 29.4. The topological polar surface area (TPSA) is 56.5 Å². The molecule has 0 bridgehead atoms. The SMILES string of the molecule is NC1(CNCCC2CCCO2)CCOCC1. The van der Waals surface area contributed by atoms with E-state index in [0.29, 0.717) is 6.10 Å². The van der Waals surface area contributed by atoms with Crippen molar-refractivity contribution in [2.24, 2.45) is 5.73 Å². The second kappa shape index (κ2) is 5.96. The molecular formula is C12H24N2O2. The lowest BCUT2D eigenvalue weighted by atomic mass is 9.91. The van der Waals surface area contributed by atoms with Gasteiger partial charge in [-0.1, -0.05) is 0 Å². The van der Waals surface area contributed by atoms with Crippen LogP contribution in [-0.4, -0.2) is 44.6 Å². The van der Waals surface area contributed by atoms with Crippen LogP contribution in [0.4, 0.5) is 0 Å². The molecule has 2 saturated heterocycles. The van der Waals surface area contributed by atoms with E-state index in [4.69, 9.17) is 15.2 Å². The average Bonchev–Trinajstić information content (AvgIpc) is 2.78. The monoisotopic (exact) mass is 228 g/mol. The first-order valence-corrected chi connectivity index (χ1v) is 6.47. The van der Waals surface area contributed by atoms with Gasteiger partial charge < -0.3 is 20.5 Å². The van der Waals surface area contributed by atoms with Crippen LogP contribution in [0.15, 0.2) is 0 Å². The third-order valence-electron chi connectivity index (χ3n) is 3.63. The van der Waals surface area contributed by atoms with Crippen molar-refractivity contribution in [3.63, 3.8) is 0 Å². The summed E-state index contributed by atoms with van der Waals surface area (Å²) in [5.74, 6) is 0. The zero-order valence-electron chi connectivity index (χ0n) is 10.0. The zero-order chi connectivity index (χ0) is 11.3. The minimum absolute atomic E-state index is 0.0468. The van der Waals surface area contributed by atoms with E-state index in [1.807, 2.05) is 0 Å². The summed E-state index contributed by atoms with van der Waals surface area (Å²) in [6, 6.07) is 0. The van der Waals surface area contributed by atoms with Crippen LogP contribution in [-0.2, 0) is 9.47 Å². The lowest BCUT2D eigenvalue weighted by molar-refractivity contribution is 0.0523. The van der Waals surface area contributed by atoms with Crippen molar-refractivity contribution in [2.75, 3.05) is 32.9 Å². The molecule has 0 saturated carbocycles. The van der Waals surface area contributed by atoms with E-state index >= 15 is 0 Å². The second-order valence-electron chi connectivity index (χ2n) is 5.08. The Balaban J connectivity index is 1.56. The van der Waals surface area contributed by atoms with Crippen LogP contribution in [0.3, 0.4) is 0 Å². The van der Waals surface area contributed by atoms with Gasteiger partial charge >= 0.3 is 0 Å². The quantitative estimate of drug-likeness (QED) is 0.679. The van der Waals surface area contributed by atoms with Crippen molar-refractivity contribution >= 4 is 0 Å². The molecule has 4 heteroatoms. The highest BCUT2D eigenvalue weighted by Crippen LogP contribution is 2.17. The van der Waals surface area contributed by atoms with Crippen LogP contribution in [0.5, 0.6) is 0 Å². The van der Waals surface area contributed by atoms with Crippen LogP contribution < -0.4 is 11.1 Å². The Labute approximate surface area is 97.9 Å².